The molecule has 0 N–H and O–H groups in total. The van der Waals surface area contributed by atoms with Crippen LogP contribution in [0.5, 0.6) is 0 Å². The van der Waals surface area contributed by atoms with Crippen molar-refractivity contribution in [1.29, 1.82) is 0 Å². The van der Waals surface area contributed by atoms with Crippen LogP contribution in [0, 0.1) is 0 Å². The zero-order valence-corrected chi connectivity index (χ0v) is 36.6. The standard InChI is InChI=1S/C27H24OS16/c1-29-16-17(30-2)38-24(37-16)26-41-20-22(43-26)35-11-15(28)12-36-23-21(34-10-14-7-5-13(6-8-14)9-33-20)42-27(44-23)25-39-18(31-3)19(32-4)40-25/h5-8H,9-12H2,1-4H3. The molecule has 1 aromatic carbocycles. The van der Waals surface area contributed by atoms with Gasteiger partial charge in [-0.25, -0.2) is 0 Å². The largest absolute Gasteiger partial charge is 0.298 e. The lowest BCUT2D eigenvalue weighted by molar-refractivity contribution is -0.114. The average molecular weight is 878 g/mol. The van der Waals surface area contributed by atoms with E-state index in [0.717, 1.165) is 11.5 Å². The predicted molar refractivity (Wildman–Crippen MR) is 236 cm³/mol. The summed E-state index contributed by atoms with van der Waals surface area (Å²) in [5, 5.41) is 0. The molecule has 6 aliphatic rings. The van der Waals surface area contributed by atoms with Gasteiger partial charge in [0.1, 0.15) is 0 Å². The third-order valence-corrected chi connectivity index (χ3v) is 28.5. The number of ketones is 1. The van der Waals surface area contributed by atoms with Crippen molar-refractivity contribution >= 4 is 194 Å². The molecule has 0 saturated carbocycles. The van der Waals surface area contributed by atoms with E-state index < -0.39 is 0 Å². The number of thioether (sulfide) groups is 16. The molecule has 0 aliphatic carbocycles. The molecule has 0 radical (unpaired) electrons. The summed E-state index contributed by atoms with van der Waals surface area (Å²) in [5.74, 6) is 3.23. The van der Waals surface area contributed by atoms with Crippen LogP contribution in [0.4, 0.5) is 0 Å². The molecule has 7 rings (SSSR count). The van der Waals surface area contributed by atoms with Crippen LogP contribution >= 0.6 is 188 Å². The van der Waals surface area contributed by atoms with E-state index in [0.29, 0.717) is 17.3 Å². The topological polar surface area (TPSA) is 17.1 Å². The minimum atomic E-state index is 0.310. The zero-order chi connectivity index (χ0) is 30.6. The van der Waals surface area contributed by atoms with E-state index in [1.165, 1.54) is 62.0 Å². The summed E-state index contributed by atoms with van der Waals surface area (Å²) in [4.78, 5) is 13.3. The van der Waals surface area contributed by atoms with Crippen LogP contribution in [0.15, 0.2) is 75.1 Å². The van der Waals surface area contributed by atoms with Crippen LogP contribution in [0.1, 0.15) is 11.1 Å². The fourth-order valence-corrected chi connectivity index (χ4v) is 25.7. The lowest BCUT2D eigenvalue weighted by Crippen LogP contribution is -2.04. The van der Waals surface area contributed by atoms with Gasteiger partial charge in [0.2, 0.25) is 0 Å². The highest BCUT2D eigenvalue weighted by Crippen LogP contribution is 2.67. The van der Waals surface area contributed by atoms with Crippen molar-refractivity contribution in [3.63, 3.8) is 0 Å². The first-order valence-corrected chi connectivity index (χ1v) is 28.0. The van der Waals surface area contributed by atoms with Gasteiger partial charge in [0.15, 0.2) is 5.78 Å². The minimum Gasteiger partial charge on any atom is -0.298 e. The lowest BCUT2D eigenvalue weighted by atomic mass is 10.2. The van der Waals surface area contributed by atoms with Gasteiger partial charge >= 0.3 is 0 Å². The van der Waals surface area contributed by atoms with Crippen LogP contribution in [0.2, 0.25) is 0 Å². The van der Waals surface area contributed by atoms with E-state index in [9.17, 15) is 4.79 Å². The maximum Gasteiger partial charge on any atom is 0.153 e. The second-order valence-electron chi connectivity index (χ2n) is 8.59. The molecule has 1 nitrogen and oxygen atoms in total. The van der Waals surface area contributed by atoms with E-state index in [2.05, 4.69) is 49.3 Å². The van der Waals surface area contributed by atoms with Gasteiger partial charge in [0.05, 0.1) is 62.4 Å². The van der Waals surface area contributed by atoms with Crippen molar-refractivity contribution in [2.45, 2.75) is 11.5 Å². The number of hydrogen-bond donors (Lipinski definition) is 0. The van der Waals surface area contributed by atoms with Crippen LogP contribution in [0.25, 0.3) is 0 Å². The van der Waals surface area contributed by atoms with Crippen molar-refractivity contribution in [3.05, 3.63) is 86.2 Å². The smallest absolute Gasteiger partial charge is 0.153 e. The first-order valence-electron chi connectivity index (χ1n) is 12.6. The third-order valence-electron chi connectivity index (χ3n) is 5.72. The molecule has 6 heterocycles. The molecule has 234 valence electrons. The quantitative estimate of drug-likeness (QED) is 0.285. The van der Waals surface area contributed by atoms with Gasteiger partial charge in [-0.05, 0) is 36.1 Å². The highest BCUT2D eigenvalue weighted by atomic mass is 32.3. The van der Waals surface area contributed by atoms with Crippen molar-refractivity contribution in [2.24, 2.45) is 0 Å². The Balaban J connectivity index is 1.19. The van der Waals surface area contributed by atoms with Crippen molar-refractivity contribution < 1.29 is 4.79 Å². The number of benzene rings is 1. The van der Waals surface area contributed by atoms with Crippen molar-refractivity contribution in [2.75, 3.05) is 36.5 Å². The SMILES string of the molecule is CSC1=C(SC)SC(=C2SC3=C(SCc4ccc(cc4)CSC4=C(SCC(=O)CS3)SC(=C3SC(SC)=C(SC)S3)S4)S2)S1. The Morgan fingerprint density at radius 1 is 0.409 bits per heavy atom. The molecular weight excluding hydrogens is 853 g/mol. The Labute approximate surface area is 328 Å². The second kappa shape index (κ2) is 17.9. The van der Waals surface area contributed by atoms with Gasteiger partial charge in [0, 0.05) is 11.5 Å². The predicted octanol–water partition coefficient (Wildman–Crippen LogP) is 14.3. The fourth-order valence-electron chi connectivity index (χ4n) is 3.64. The normalized spacial score (nSPS) is 22.3. The fraction of sp³-hybridized carbons (Fsp3) is 0.296. The maximum atomic E-state index is 13.3. The number of Topliss-reactive ketones (excluding diaryl/α,β-unsaturated/α-hetero) is 1. The third kappa shape index (κ3) is 9.23. The molecule has 17 heteroatoms. The average Bonchev–Trinajstić information content (AvgIpc) is 3.84. The molecule has 0 amide bonds. The van der Waals surface area contributed by atoms with E-state index in [1.54, 1.807) is 23.5 Å². The second-order valence-corrected chi connectivity index (χ2v) is 27.1. The molecule has 2 bridgehead atoms. The molecule has 0 atom stereocenters. The van der Waals surface area contributed by atoms with E-state index >= 15 is 0 Å². The first-order chi connectivity index (χ1) is 21.5. The van der Waals surface area contributed by atoms with Gasteiger partial charge in [-0.3, -0.25) is 4.79 Å². The van der Waals surface area contributed by atoms with Gasteiger partial charge < -0.3 is 0 Å². The number of rotatable bonds is 4. The van der Waals surface area contributed by atoms with E-state index in [4.69, 9.17) is 0 Å². The summed E-state index contributed by atoms with van der Waals surface area (Å²) < 4.78 is 16.4. The Morgan fingerprint density at radius 3 is 0.977 bits per heavy atom. The number of carbonyl (C=O) groups excluding carboxylic acids is 1. The summed E-state index contributed by atoms with van der Waals surface area (Å²) >= 11 is 29.9. The highest BCUT2D eigenvalue weighted by Gasteiger charge is 2.32. The lowest BCUT2D eigenvalue weighted by Gasteiger charge is -2.07. The zero-order valence-electron chi connectivity index (χ0n) is 23.6. The Bertz CT molecular complexity index is 1370. The Morgan fingerprint density at radius 2 is 0.682 bits per heavy atom. The molecule has 0 aromatic heterocycles. The van der Waals surface area contributed by atoms with Crippen LogP contribution in [-0.4, -0.2) is 42.3 Å². The van der Waals surface area contributed by atoms with Gasteiger partial charge in [-0.2, -0.15) is 0 Å². The summed E-state index contributed by atoms with van der Waals surface area (Å²) in [6.07, 6.45) is 8.67. The van der Waals surface area contributed by atoms with Crippen molar-refractivity contribution in [3.8, 4) is 0 Å². The monoisotopic (exact) mass is 876 g/mol. The Hall–Kier alpha value is 2.93. The number of fused-ring (bicyclic) bond motifs is 8. The molecule has 0 fully saturated rings. The summed E-state index contributed by atoms with van der Waals surface area (Å²) in [5.41, 5.74) is 2.69. The first kappa shape index (κ1) is 36.7. The van der Waals surface area contributed by atoms with Gasteiger partial charge in [-0.15, -0.1) is 94.1 Å². The van der Waals surface area contributed by atoms with Crippen LogP contribution < -0.4 is 0 Å². The summed E-state index contributed by atoms with van der Waals surface area (Å²) in [6, 6.07) is 9.19. The molecule has 0 unspecified atom stereocenters. The maximum absolute atomic E-state index is 13.3. The molecular formula is C27H24OS16. The molecule has 1 aromatic rings. The molecule has 44 heavy (non-hydrogen) atoms. The molecule has 0 saturated heterocycles. The molecule has 0 spiro atoms. The van der Waals surface area contributed by atoms with Crippen molar-refractivity contribution in [1.82, 2.24) is 0 Å². The Kier molecular flexibility index (Phi) is 15.0. The number of carbonyl (C=O) groups is 1. The summed E-state index contributed by atoms with van der Waals surface area (Å²) in [6.45, 7) is 0. The minimum absolute atomic E-state index is 0.310. The van der Waals surface area contributed by atoms with Crippen LogP contribution in [0.3, 0.4) is 0 Å². The number of hydrogen-bond acceptors (Lipinski definition) is 17. The van der Waals surface area contributed by atoms with E-state index in [1.807, 2.05) is 165 Å². The molecule has 6 aliphatic heterocycles. The van der Waals surface area contributed by atoms with Crippen LogP contribution in [-0.2, 0) is 16.3 Å². The highest BCUT2D eigenvalue weighted by molar-refractivity contribution is 8.46. The van der Waals surface area contributed by atoms with Gasteiger partial charge in [-0.1, -0.05) is 118 Å². The van der Waals surface area contributed by atoms with E-state index in [-0.39, 0.29) is 0 Å². The summed E-state index contributed by atoms with van der Waals surface area (Å²) in [7, 11) is 0. The van der Waals surface area contributed by atoms with Gasteiger partial charge in [0.25, 0.3) is 0 Å².